The van der Waals surface area contributed by atoms with Gasteiger partial charge in [-0.1, -0.05) is 12.1 Å². The maximum atomic E-state index is 12.1. The molecular weight excluding hydrogens is 272 g/mol. The lowest BCUT2D eigenvalue weighted by atomic mass is 10.1. The Labute approximate surface area is 122 Å². The summed E-state index contributed by atoms with van der Waals surface area (Å²) in [7, 11) is 0. The first-order valence-electron chi connectivity index (χ1n) is 6.43. The minimum Gasteiger partial charge on any atom is -0.481 e. The van der Waals surface area contributed by atoms with Gasteiger partial charge in [0.1, 0.15) is 5.75 Å². The van der Waals surface area contributed by atoms with Gasteiger partial charge in [-0.2, -0.15) is 0 Å². The van der Waals surface area contributed by atoms with E-state index in [-0.39, 0.29) is 5.91 Å². The molecule has 106 valence electrons. The van der Waals surface area contributed by atoms with Crippen molar-refractivity contribution >= 4 is 22.4 Å². The molecule has 1 aromatic carbocycles. The third-order valence-corrected chi connectivity index (χ3v) is 3.91. The van der Waals surface area contributed by atoms with Crippen molar-refractivity contribution in [2.45, 2.75) is 33.8 Å². The van der Waals surface area contributed by atoms with Crippen LogP contribution in [0.5, 0.6) is 5.75 Å². The number of amides is 1. The molecule has 1 heterocycles. The maximum absolute atomic E-state index is 12.1. The molecule has 2 aromatic rings. The van der Waals surface area contributed by atoms with Crippen LogP contribution in [0.2, 0.25) is 0 Å². The zero-order valence-electron chi connectivity index (χ0n) is 12.1. The number of carbonyl (C=O) groups is 1. The summed E-state index contributed by atoms with van der Waals surface area (Å²) in [6.45, 7) is 7.69. The molecule has 1 N–H and O–H groups in total. The van der Waals surface area contributed by atoms with Gasteiger partial charge in [0, 0.05) is 11.1 Å². The Bertz CT molecular complexity index is 622. The van der Waals surface area contributed by atoms with Crippen molar-refractivity contribution in [2.24, 2.45) is 0 Å². The lowest BCUT2D eigenvalue weighted by molar-refractivity contribution is -0.122. The molecule has 0 saturated heterocycles. The Kier molecular flexibility index (Phi) is 4.39. The van der Waals surface area contributed by atoms with Gasteiger partial charge in [-0.15, -0.1) is 11.3 Å². The second-order valence-electron chi connectivity index (χ2n) is 4.72. The first-order valence-corrected chi connectivity index (χ1v) is 7.25. The van der Waals surface area contributed by atoms with Crippen LogP contribution < -0.4 is 10.1 Å². The molecule has 4 nitrogen and oxygen atoms in total. The van der Waals surface area contributed by atoms with Crippen LogP contribution in [0.4, 0.5) is 5.13 Å². The molecule has 0 aliphatic carbocycles. The van der Waals surface area contributed by atoms with Crippen LogP contribution >= 0.6 is 11.3 Å². The number of hydrogen-bond acceptors (Lipinski definition) is 4. The molecule has 0 spiro atoms. The average Bonchev–Trinajstić information content (AvgIpc) is 2.80. The SMILES string of the molecule is Cc1cnc(NC(=O)[C@@H](C)Oc2cccc(C)c2C)s1. The van der Waals surface area contributed by atoms with Gasteiger partial charge in [-0.3, -0.25) is 10.1 Å². The van der Waals surface area contributed by atoms with Crippen LogP contribution in [-0.4, -0.2) is 17.0 Å². The standard InChI is InChI=1S/C15H18N2O2S/c1-9-6-5-7-13(11(9)3)19-12(4)14(18)17-15-16-8-10(2)20-15/h5-8,12H,1-4H3,(H,16,17,18)/t12-/m1/s1. The number of aromatic nitrogens is 1. The summed E-state index contributed by atoms with van der Waals surface area (Å²) in [6.07, 6.45) is 1.16. The van der Waals surface area contributed by atoms with E-state index in [0.29, 0.717) is 5.13 Å². The van der Waals surface area contributed by atoms with Crippen molar-refractivity contribution in [3.8, 4) is 5.75 Å². The number of ether oxygens (including phenoxy) is 1. The second-order valence-corrected chi connectivity index (χ2v) is 5.96. The summed E-state index contributed by atoms with van der Waals surface area (Å²) in [6, 6.07) is 5.82. The Morgan fingerprint density at radius 3 is 2.75 bits per heavy atom. The summed E-state index contributed by atoms with van der Waals surface area (Å²) >= 11 is 1.45. The van der Waals surface area contributed by atoms with E-state index >= 15 is 0 Å². The van der Waals surface area contributed by atoms with Crippen LogP contribution in [0.15, 0.2) is 24.4 Å². The number of hydrogen-bond donors (Lipinski definition) is 1. The number of thiazole rings is 1. The molecule has 0 fully saturated rings. The number of nitrogens with one attached hydrogen (secondary N) is 1. The quantitative estimate of drug-likeness (QED) is 0.938. The Morgan fingerprint density at radius 2 is 2.10 bits per heavy atom. The molecule has 0 aliphatic heterocycles. The highest BCUT2D eigenvalue weighted by atomic mass is 32.1. The summed E-state index contributed by atoms with van der Waals surface area (Å²) in [4.78, 5) is 17.2. The highest BCUT2D eigenvalue weighted by Gasteiger charge is 2.17. The van der Waals surface area contributed by atoms with E-state index in [2.05, 4.69) is 10.3 Å². The van der Waals surface area contributed by atoms with E-state index in [1.165, 1.54) is 11.3 Å². The summed E-state index contributed by atoms with van der Waals surface area (Å²) in [5.41, 5.74) is 2.20. The molecule has 5 heteroatoms. The molecule has 1 aromatic heterocycles. The number of rotatable bonds is 4. The minimum absolute atomic E-state index is 0.194. The molecule has 1 amide bonds. The van der Waals surface area contributed by atoms with Crippen molar-refractivity contribution in [3.05, 3.63) is 40.4 Å². The van der Waals surface area contributed by atoms with Gasteiger partial charge < -0.3 is 4.74 Å². The number of anilines is 1. The van der Waals surface area contributed by atoms with E-state index in [1.54, 1.807) is 13.1 Å². The van der Waals surface area contributed by atoms with Crippen LogP contribution in [0.1, 0.15) is 22.9 Å². The zero-order chi connectivity index (χ0) is 14.7. The van der Waals surface area contributed by atoms with Gasteiger partial charge >= 0.3 is 0 Å². The summed E-state index contributed by atoms with van der Waals surface area (Å²) < 4.78 is 5.73. The predicted molar refractivity (Wildman–Crippen MR) is 81.5 cm³/mol. The Morgan fingerprint density at radius 1 is 1.35 bits per heavy atom. The summed E-state index contributed by atoms with van der Waals surface area (Å²) in [5.74, 6) is 0.545. The van der Waals surface area contributed by atoms with Gasteiger partial charge in [0.25, 0.3) is 5.91 Å². The van der Waals surface area contributed by atoms with Gasteiger partial charge in [-0.05, 0) is 44.9 Å². The molecule has 0 unspecified atom stereocenters. The molecular formula is C15H18N2O2S. The van der Waals surface area contributed by atoms with Gasteiger partial charge in [0.05, 0.1) is 0 Å². The molecule has 0 saturated carbocycles. The number of nitrogens with zero attached hydrogens (tertiary/aromatic N) is 1. The van der Waals surface area contributed by atoms with Crippen LogP contribution in [-0.2, 0) is 4.79 Å². The van der Waals surface area contributed by atoms with Crippen molar-refractivity contribution in [1.29, 1.82) is 0 Å². The van der Waals surface area contributed by atoms with Crippen molar-refractivity contribution in [2.75, 3.05) is 5.32 Å². The van der Waals surface area contributed by atoms with E-state index in [0.717, 1.165) is 21.8 Å². The van der Waals surface area contributed by atoms with E-state index in [9.17, 15) is 4.79 Å². The van der Waals surface area contributed by atoms with E-state index in [4.69, 9.17) is 4.74 Å². The maximum Gasteiger partial charge on any atom is 0.266 e. The number of aryl methyl sites for hydroxylation is 2. The second kappa shape index (κ2) is 6.05. The molecule has 0 bridgehead atoms. The molecule has 20 heavy (non-hydrogen) atoms. The topological polar surface area (TPSA) is 51.2 Å². The van der Waals surface area contributed by atoms with E-state index < -0.39 is 6.10 Å². The first kappa shape index (κ1) is 14.5. The number of carbonyl (C=O) groups excluding carboxylic acids is 1. The molecule has 1 atom stereocenters. The lowest BCUT2D eigenvalue weighted by Gasteiger charge is -2.16. The molecule has 0 radical (unpaired) electrons. The van der Waals surface area contributed by atoms with Gasteiger partial charge in [0.15, 0.2) is 11.2 Å². The third kappa shape index (κ3) is 3.36. The van der Waals surface area contributed by atoms with Crippen molar-refractivity contribution in [1.82, 2.24) is 4.98 Å². The fourth-order valence-corrected chi connectivity index (χ4v) is 2.38. The van der Waals surface area contributed by atoms with Crippen LogP contribution in [0, 0.1) is 20.8 Å². The molecule has 2 rings (SSSR count). The monoisotopic (exact) mass is 290 g/mol. The average molecular weight is 290 g/mol. The van der Waals surface area contributed by atoms with Gasteiger partial charge in [0.2, 0.25) is 0 Å². The van der Waals surface area contributed by atoms with Gasteiger partial charge in [-0.25, -0.2) is 4.98 Å². The smallest absolute Gasteiger partial charge is 0.266 e. The fourth-order valence-electron chi connectivity index (χ4n) is 1.72. The minimum atomic E-state index is -0.570. The highest BCUT2D eigenvalue weighted by molar-refractivity contribution is 7.15. The molecule has 0 aliphatic rings. The normalized spacial score (nSPS) is 12.0. The largest absolute Gasteiger partial charge is 0.481 e. The van der Waals surface area contributed by atoms with Crippen LogP contribution in [0.3, 0.4) is 0 Å². The first-order chi connectivity index (χ1) is 9.47. The van der Waals surface area contributed by atoms with E-state index in [1.807, 2.05) is 39.0 Å². The predicted octanol–water partition coefficient (Wildman–Crippen LogP) is 3.47. The number of benzene rings is 1. The Balaban J connectivity index is 2.02. The third-order valence-electron chi connectivity index (χ3n) is 3.08. The fraction of sp³-hybridized carbons (Fsp3) is 0.333. The Hall–Kier alpha value is -1.88. The lowest BCUT2D eigenvalue weighted by Crippen LogP contribution is -2.30. The summed E-state index contributed by atoms with van der Waals surface area (Å²) in [5, 5.41) is 3.36. The zero-order valence-corrected chi connectivity index (χ0v) is 12.9. The van der Waals surface area contributed by atoms with Crippen molar-refractivity contribution in [3.63, 3.8) is 0 Å². The van der Waals surface area contributed by atoms with Crippen molar-refractivity contribution < 1.29 is 9.53 Å². The van der Waals surface area contributed by atoms with Crippen LogP contribution in [0.25, 0.3) is 0 Å². The highest BCUT2D eigenvalue weighted by Crippen LogP contribution is 2.22.